The third-order valence-electron chi connectivity index (χ3n) is 6.33. The normalized spacial score (nSPS) is 50.4. The molecule has 7 atom stereocenters. The molecule has 4 bridgehead atoms. The summed E-state index contributed by atoms with van der Waals surface area (Å²) in [5.74, 6) is 3.70. The molecule has 7 unspecified atom stereocenters. The van der Waals surface area contributed by atoms with Gasteiger partial charge >= 0.3 is 8.01 Å². The lowest BCUT2D eigenvalue weighted by Crippen LogP contribution is -2.44. The van der Waals surface area contributed by atoms with E-state index in [2.05, 4.69) is 4.67 Å². The first kappa shape index (κ1) is 11.8. The second kappa shape index (κ2) is 4.26. The molecule has 4 saturated carbocycles. The van der Waals surface area contributed by atoms with E-state index in [9.17, 15) is 0 Å². The van der Waals surface area contributed by atoms with Crippen molar-refractivity contribution < 1.29 is 0 Å². The lowest BCUT2D eigenvalue weighted by atomic mass is 9.90. The Morgan fingerprint density at radius 2 is 1.33 bits per heavy atom. The van der Waals surface area contributed by atoms with E-state index < -0.39 is 8.01 Å². The van der Waals surface area contributed by atoms with Crippen molar-refractivity contribution in [1.82, 2.24) is 4.67 Å². The van der Waals surface area contributed by atoms with Crippen molar-refractivity contribution in [3.05, 3.63) is 0 Å². The van der Waals surface area contributed by atoms with Crippen LogP contribution in [0, 0.1) is 28.8 Å². The summed E-state index contributed by atoms with van der Waals surface area (Å²) in [6, 6.07) is 1.36. The van der Waals surface area contributed by atoms with Gasteiger partial charge in [-0.3, -0.25) is 0 Å². The lowest BCUT2D eigenvalue weighted by molar-refractivity contribution is 0.155. The van der Waals surface area contributed by atoms with Gasteiger partial charge in [-0.15, -0.1) is 5.50 Å². The highest BCUT2D eigenvalue weighted by atomic mass is 31.1. The first-order valence-corrected chi connectivity index (χ1v) is 9.13. The SMILES string of the molecule is N=[P+](N)N(C1CC2CCC1C2)C1CC2CCC1C2. The summed E-state index contributed by atoms with van der Waals surface area (Å²) < 4.78 is 2.52. The quantitative estimate of drug-likeness (QED) is 0.765. The molecule has 3 N–H and O–H groups in total. The maximum Gasteiger partial charge on any atom is 0.390 e. The van der Waals surface area contributed by atoms with Crippen LogP contribution < -0.4 is 5.50 Å². The van der Waals surface area contributed by atoms with Crippen LogP contribution >= 0.6 is 8.01 Å². The van der Waals surface area contributed by atoms with Gasteiger partial charge in [0.2, 0.25) is 0 Å². The Hall–Kier alpha value is 0.0200. The Labute approximate surface area is 111 Å². The van der Waals surface area contributed by atoms with Crippen LogP contribution in [0.1, 0.15) is 51.4 Å². The topological polar surface area (TPSA) is 53.1 Å². The fraction of sp³-hybridized carbons (Fsp3) is 1.00. The highest BCUT2D eigenvalue weighted by Crippen LogP contribution is 2.55. The number of nitrogens with one attached hydrogen (secondary N) is 1. The minimum absolute atomic E-state index is 0.682. The first-order valence-electron chi connectivity index (χ1n) is 7.76. The highest BCUT2D eigenvalue weighted by molar-refractivity contribution is 7.40. The molecule has 0 aromatic carbocycles. The zero-order valence-electron chi connectivity index (χ0n) is 11.1. The fourth-order valence-corrected chi connectivity index (χ4v) is 6.84. The van der Waals surface area contributed by atoms with E-state index in [1.165, 1.54) is 51.4 Å². The van der Waals surface area contributed by atoms with E-state index in [1.54, 1.807) is 0 Å². The lowest BCUT2D eigenvalue weighted by Gasteiger charge is -2.34. The van der Waals surface area contributed by atoms with E-state index in [4.69, 9.17) is 10.7 Å². The van der Waals surface area contributed by atoms with Gasteiger partial charge in [0.25, 0.3) is 0 Å². The van der Waals surface area contributed by atoms with Crippen LogP contribution in [0.5, 0.6) is 0 Å². The zero-order valence-corrected chi connectivity index (χ0v) is 12.0. The smallest absolute Gasteiger partial charge is 0.121 e. The number of nitrogens with two attached hydrogens (primary N) is 1. The molecule has 0 heterocycles. The van der Waals surface area contributed by atoms with Crippen LogP contribution in [-0.4, -0.2) is 16.8 Å². The number of hydrogen-bond acceptors (Lipinski definition) is 1. The summed E-state index contributed by atoms with van der Waals surface area (Å²) >= 11 is 0. The Morgan fingerprint density at radius 3 is 1.61 bits per heavy atom. The van der Waals surface area contributed by atoms with Crippen molar-refractivity contribution >= 4 is 8.01 Å². The monoisotopic (exact) mass is 266 g/mol. The van der Waals surface area contributed by atoms with Gasteiger partial charge in [0.05, 0.1) is 12.1 Å². The predicted molar refractivity (Wildman–Crippen MR) is 74.1 cm³/mol. The average Bonchev–Trinajstić information content (AvgIpc) is 3.09. The van der Waals surface area contributed by atoms with Crippen LogP contribution in [0.4, 0.5) is 0 Å². The molecule has 0 aromatic rings. The molecule has 0 spiro atoms. The third-order valence-corrected chi connectivity index (χ3v) is 7.42. The van der Waals surface area contributed by atoms with Crippen LogP contribution in [0.25, 0.3) is 0 Å². The van der Waals surface area contributed by atoms with E-state index in [0.717, 1.165) is 23.7 Å². The van der Waals surface area contributed by atoms with Gasteiger partial charge in [0, 0.05) is 0 Å². The molecule has 3 nitrogen and oxygen atoms in total. The molecule has 0 saturated heterocycles. The largest absolute Gasteiger partial charge is 0.390 e. The molecule has 18 heavy (non-hydrogen) atoms. The zero-order chi connectivity index (χ0) is 12.3. The minimum Gasteiger partial charge on any atom is -0.121 e. The average molecular weight is 266 g/mol. The van der Waals surface area contributed by atoms with Crippen molar-refractivity contribution in [2.45, 2.75) is 63.5 Å². The second-order valence-electron chi connectivity index (χ2n) is 7.21. The summed E-state index contributed by atoms with van der Waals surface area (Å²) in [5, 5.41) is 8.19. The standard InChI is InChI=1S/C14H25N3P/c15-18(16)17(13-7-9-1-3-11(13)5-9)14-8-10-2-4-12(14)6-10/h9-14H,1-8H2,(H3,15,16)/q+1. The Morgan fingerprint density at radius 1 is 0.833 bits per heavy atom. The van der Waals surface area contributed by atoms with Crippen molar-refractivity contribution in [2.75, 3.05) is 0 Å². The minimum atomic E-state index is -1.13. The van der Waals surface area contributed by atoms with Crippen LogP contribution in [0.2, 0.25) is 0 Å². The number of rotatable bonds is 3. The Kier molecular flexibility index (Phi) is 2.80. The first-order chi connectivity index (χ1) is 8.72. The van der Waals surface area contributed by atoms with Crippen LogP contribution in [0.3, 0.4) is 0 Å². The summed E-state index contributed by atoms with van der Waals surface area (Å²) in [7, 11) is -1.13. The summed E-state index contributed by atoms with van der Waals surface area (Å²) in [4.78, 5) is 0. The molecular formula is C14H25N3P+. The predicted octanol–water partition coefficient (Wildman–Crippen LogP) is 3.70. The molecule has 4 heteroatoms. The van der Waals surface area contributed by atoms with Crippen molar-refractivity contribution in [3.63, 3.8) is 0 Å². The number of hydrogen-bond donors (Lipinski definition) is 2. The van der Waals surface area contributed by atoms with Gasteiger partial charge in [-0.25, -0.2) is 0 Å². The number of fused-ring (bicyclic) bond motifs is 4. The van der Waals surface area contributed by atoms with Gasteiger partial charge in [-0.05, 0) is 62.2 Å². The van der Waals surface area contributed by atoms with Crippen molar-refractivity contribution in [2.24, 2.45) is 29.2 Å². The molecule has 4 fully saturated rings. The number of nitrogens with zero attached hydrogens (tertiary/aromatic N) is 1. The summed E-state index contributed by atoms with van der Waals surface area (Å²) in [5.41, 5.74) is 6.12. The third kappa shape index (κ3) is 1.71. The summed E-state index contributed by atoms with van der Waals surface area (Å²) in [6.45, 7) is 0. The van der Waals surface area contributed by atoms with Crippen LogP contribution in [0.15, 0.2) is 0 Å². The Bertz CT molecular complexity index is 344. The van der Waals surface area contributed by atoms with E-state index in [0.29, 0.717) is 12.1 Å². The summed E-state index contributed by atoms with van der Waals surface area (Å²) in [6.07, 6.45) is 11.3. The van der Waals surface area contributed by atoms with E-state index in [1.807, 2.05) is 0 Å². The molecule has 0 radical (unpaired) electrons. The van der Waals surface area contributed by atoms with Gasteiger partial charge in [-0.2, -0.15) is 0 Å². The molecule has 0 amide bonds. The van der Waals surface area contributed by atoms with E-state index in [-0.39, 0.29) is 0 Å². The maximum absolute atomic E-state index is 8.19. The van der Waals surface area contributed by atoms with E-state index >= 15 is 0 Å². The van der Waals surface area contributed by atoms with Crippen molar-refractivity contribution in [3.8, 4) is 0 Å². The van der Waals surface area contributed by atoms with Gasteiger partial charge < -0.3 is 0 Å². The van der Waals surface area contributed by atoms with Crippen molar-refractivity contribution in [1.29, 1.82) is 5.16 Å². The fourth-order valence-electron chi connectivity index (χ4n) is 5.64. The molecule has 100 valence electrons. The second-order valence-corrected chi connectivity index (χ2v) is 8.36. The molecule has 4 aliphatic rings. The maximum atomic E-state index is 8.19. The van der Waals surface area contributed by atoms with Gasteiger partial charge in [0.1, 0.15) is 0 Å². The highest BCUT2D eigenvalue weighted by Gasteiger charge is 2.53. The molecule has 4 rings (SSSR count). The molecular weight excluding hydrogens is 241 g/mol. The molecule has 0 aromatic heterocycles. The molecule has 0 aliphatic heterocycles. The molecule has 4 aliphatic carbocycles. The van der Waals surface area contributed by atoms with Crippen LogP contribution in [-0.2, 0) is 0 Å². The van der Waals surface area contributed by atoms with Gasteiger partial charge in [-0.1, -0.05) is 22.7 Å². The van der Waals surface area contributed by atoms with Gasteiger partial charge in [0.15, 0.2) is 0 Å². The Balaban J connectivity index is 1.56.